The monoisotopic (exact) mass is 193 g/mol. The predicted octanol–water partition coefficient (Wildman–Crippen LogP) is 1.72. The van der Waals surface area contributed by atoms with Gasteiger partial charge in [-0.15, -0.1) is 0 Å². The van der Waals surface area contributed by atoms with Gasteiger partial charge in [-0.3, -0.25) is 0 Å². The number of rotatable bonds is 5. The Bertz CT molecular complexity index is 273. The van der Waals surface area contributed by atoms with Crippen LogP contribution in [0.5, 0.6) is 0 Å². The van der Waals surface area contributed by atoms with Gasteiger partial charge in [0.2, 0.25) is 0 Å². The second kappa shape index (κ2) is 5.60. The first-order chi connectivity index (χ1) is 6.72. The number of nitrogens with two attached hydrogens (primary N) is 2. The summed E-state index contributed by atoms with van der Waals surface area (Å²) in [6, 6.07) is 4.28. The molecular weight excluding hydrogens is 174 g/mol. The van der Waals surface area contributed by atoms with Crippen molar-refractivity contribution >= 4 is 5.82 Å². The Morgan fingerprint density at radius 1 is 1.50 bits per heavy atom. The molecule has 0 aromatic carbocycles. The molecule has 0 aliphatic rings. The molecule has 0 saturated heterocycles. The predicted molar refractivity (Wildman–Crippen MR) is 59.9 cm³/mol. The topological polar surface area (TPSA) is 64.9 Å². The van der Waals surface area contributed by atoms with E-state index in [9.17, 15) is 0 Å². The molecule has 3 heteroatoms. The molecule has 1 heterocycles. The first-order valence-electron chi connectivity index (χ1n) is 5.18. The molecule has 1 aromatic rings. The molecule has 0 fully saturated rings. The van der Waals surface area contributed by atoms with Crippen LogP contribution in [0.3, 0.4) is 0 Å². The molecule has 0 aliphatic carbocycles. The maximum absolute atomic E-state index is 5.83. The van der Waals surface area contributed by atoms with Gasteiger partial charge < -0.3 is 11.5 Å². The first-order valence-corrected chi connectivity index (χ1v) is 5.18. The molecule has 1 unspecified atom stereocenters. The van der Waals surface area contributed by atoms with E-state index in [0.29, 0.717) is 11.9 Å². The van der Waals surface area contributed by atoms with Gasteiger partial charge in [0.05, 0.1) is 0 Å². The lowest BCUT2D eigenvalue weighted by Crippen LogP contribution is -2.18. The zero-order valence-electron chi connectivity index (χ0n) is 8.74. The van der Waals surface area contributed by atoms with Crippen molar-refractivity contribution in [2.24, 2.45) is 5.73 Å². The zero-order chi connectivity index (χ0) is 10.4. The van der Waals surface area contributed by atoms with Crippen LogP contribution in [0.25, 0.3) is 0 Å². The number of anilines is 1. The van der Waals surface area contributed by atoms with E-state index in [1.165, 1.54) is 5.56 Å². The summed E-state index contributed by atoms with van der Waals surface area (Å²) in [4.78, 5) is 3.95. The molecule has 3 nitrogen and oxygen atoms in total. The van der Waals surface area contributed by atoms with Crippen LogP contribution in [0.15, 0.2) is 18.3 Å². The summed E-state index contributed by atoms with van der Waals surface area (Å²) in [5, 5.41) is 0. The molecule has 78 valence electrons. The van der Waals surface area contributed by atoms with Gasteiger partial charge in [-0.25, -0.2) is 4.98 Å². The number of nitrogen functional groups attached to an aromatic ring is 1. The quantitative estimate of drug-likeness (QED) is 0.748. The molecule has 0 bridgehead atoms. The van der Waals surface area contributed by atoms with Gasteiger partial charge >= 0.3 is 0 Å². The fraction of sp³-hybridized carbons (Fsp3) is 0.545. The Kier molecular flexibility index (Phi) is 4.40. The maximum Gasteiger partial charge on any atom is 0.123 e. The summed E-state index contributed by atoms with van der Waals surface area (Å²) >= 11 is 0. The number of hydrogen-bond donors (Lipinski definition) is 2. The minimum Gasteiger partial charge on any atom is -0.384 e. The molecule has 1 rings (SSSR count). The fourth-order valence-corrected chi connectivity index (χ4v) is 1.42. The van der Waals surface area contributed by atoms with Crippen molar-refractivity contribution in [3.8, 4) is 0 Å². The Labute approximate surface area is 85.5 Å². The maximum atomic E-state index is 5.83. The van der Waals surface area contributed by atoms with Gasteiger partial charge in [0.1, 0.15) is 5.82 Å². The second-order valence-corrected chi connectivity index (χ2v) is 3.65. The van der Waals surface area contributed by atoms with E-state index in [1.807, 2.05) is 12.1 Å². The normalized spacial score (nSPS) is 12.7. The van der Waals surface area contributed by atoms with E-state index in [1.54, 1.807) is 6.20 Å². The number of aromatic nitrogens is 1. The lowest BCUT2D eigenvalue weighted by atomic mass is 10.0. The van der Waals surface area contributed by atoms with Crippen LogP contribution in [0.2, 0.25) is 0 Å². The van der Waals surface area contributed by atoms with Crippen LogP contribution in [-0.2, 0) is 6.42 Å². The van der Waals surface area contributed by atoms with Crippen molar-refractivity contribution in [2.75, 3.05) is 5.73 Å². The molecule has 1 atom stereocenters. The lowest BCUT2D eigenvalue weighted by Gasteiger charge is -2.07. The van der Waals surface area contributed by atoms with E-state index < -0.39 is 0 Å². The number of nitrogens with zero attached hydrogens (tertiary/aromatic N) is 1. The van der Waals surface area contributed by atoms with Crippen molar-refractivity contribution in [3.05, 3.63) is 23.9 Å². The largest absolute Gasteiger partial charge is 0.384 e. The van der Waals surface area contributed by atoms with E-state index in [-0.39, 0.29) is 0 Å². The molecule has 0 saturated carbocycles. The van der Waals surface area contributed by atoms with Crippen LogP contribution in [0.1, 0.15) is 31.7 Å². The highest BCUT2D eigenvalue weighted by molar-refractivity contribution is 5.31. The summed E-state index contributed by atoms with van der Waals surface area (Å²) in [6.07, 6.45) is 6.06. The Balaban J connectivity index is 2.31. The van der Waals surface area contributed by atoms with Gasteiger partial charge in [-0.2, -0.15) is 0 Å². The highest BCUT2D eigenvalue weighted by atomic mass is 14.8. The van der Waals surface area contributed by atoms with Crippen LogP contribution in [-0.4, -0.2) is 11.0 Å². The summed E-state index contributed by atoms with van der Waals surface area (Å²) in [6.45, 7) is 2.12. The lowest BCUT2D eigenvalue weighted by molar-refractivity contribution is 0.568. The molecule has 1 aromatic heterocycles. The first kappa shape index (κ1) is 11.0. The van der Waals surface area contributed by atoms with Crippen LogP contribution in [0.4, 0.5) is 5.82 Å². The average molecular weight is 193 g/mol. The number of hydrogen-bond acceptors (Lipinski definition) is 3. The third kappa shape index (κ3) is 3.75. The van der Waals surface area contributed by atoms with Crippen LogP contribution < -0.4 is 11.5 Å². The Hall–Kier alpha value is -1.09. The van der Waals surface area contributed by atoms with Crippen LogP contribution in [0, 0.1) is 0 Å². The molecule has 0 amide bonds. The molecule has 14 heavy (non-hydrogen) atoms. The van der Waals surface area contributed by atoms with Gasteiger partial charge in [-0.1, -0.05) is 6.92 Å². The summed E-state index contributed by atoms with van der Waals surface area (Å²) in [5.74, 6) is 0.599. The van der Waals surface area contributed by atoms with Gasteiger partial charge in [0.25, 0.3) is 0 Å². The number of aryl methyl sites for hydroxylation is 1. The van der Waals surface area contributed by atoms with Crippen molar-refractivity contribution in [1.82, 2.24) is 4.98 Å². The van der Waals surface area contributed by atoms with Crippen molar-refractivity contribution in [2.45, 2.75) is 38.6 Å². The highest BCUT2D eigenvalue weighted by Crippen LogP contribution is 2.08. The van der Waals surface area contributed by atoms with Crippen molar-refractivity contribution < 1.29 is 0 Å². The van der Waals surface area contributed by atoms with Crippen LogP contribution >= 0.6 is 0 Å². The third-order valence-electron chi connectivity index (χ3n) is 2.41. The summed E-state index contributed by atoms with van der Waals surface area (Å²) < 4.78 is 0. The van der Waals surface area contributed by atoms with Crippen molar-refractivity contribution in [3.63, 3.8) is 0 Å². The smallest absolute Gasteiger partial charge is 0.123 e. The molecule has 0 aliphatic heterocycles. The fourth-order valence-electron chi connectivity index (χ4n) is 1.42. The van der Waals surface area contributed by atoms with Gasteiger partial charge in [0, 0.05) is 12.2 Å². The summed E-state index contributed by atoms with van der Waals surface area (Å²) in [7, 11) is 0. The minimum atomic E-state index is 0.342. The molecule has 4 N–H and O–H groups in total. The highest BCUT2D eigenvalue weighted by Gasteiger charge is 1.99. The van der Waals surface area contributed by atoms with E-state index in [0.717, 1.165) is 25.7 Å². The number of pyridine rings is 1. The summed E-state index contributed by atoms with van der Waals surface area (Å²) in [5.41, 5.74) is 12.7. The molecule has 0 radical (unpaired) electrons. The van der Waals surface area contributed by atoms with Gasteiger partial charge in [-0.05, 0) is 43.4 Å². The molecular formula is C11H19N3. The van der Waals surface area contributed by atoms with E-state index in [2.05, 4.69) is 11.9 Å². The standard InChI is InChI=1S/C11H19N3/c1-2-10(12)5-3-4-9-6-7-14-11(13)8-9/h6-8,10H,2-5,12H2,1H3,(H2,13,14). The SMILES string of the molecule is CCC(N)CCCc1ccnc(N)c1. The minimum absolute atomic E-state index is 0.342. The molecule has 0 spiro atoms. The Morgan fingerprint density at radius 3 is 2.93 bits per heavy atom. The van der Waals surface area contributed by atoms with E-state index >= 15 is 0 Å². The average Bonchev–Trinajstić information content (AvgIpc) is 2.17. The Morgan fingerprint density at radius 2 is 2.29 bits per heavy atom. The van der Waals surface area contributed by atoms with Crippen molar-refractivity contribution in [1.29, 1.82) is 0 Å². The third-order valence-corrected chi connectivity index (χ3v) is 2.41. The second-order valence-electron chi connectivity index (χ2n) is 3.65. The zero-order valence-corrected chi connectivity index (χ0v) is 8.74. The van der Waals surface area contributed by atoms with E-state index in [4.69, 9.17) is 11.5 Å². The van der Waals surface area contributed by atoms with Gasteiger partial charge in [0.15, 0.2) is 0 Å².